The molecule has 31 heavy (non-hydrogen) atoms. The molecule has 0 aliphatic carbocycles. The minimum absolute atomic E-state index is 0.114. The molecule has 0 spiro atoms. The lowest BCUT2D eigenvalue weighted by Gasteiger charge is -2.17. The molecule has 0 fully saturated rings. The van der Waals surface area contributed by atoms with Gasteiger partial charge in [0.2, 0.25) is 6.79 Å². The first kappa shape index (κ1) is 19.2. The second kappa shape index (κ2) is 7.81. The van der Waals surface area contributed by atoms with Gasteiger partial charge in [-0.2, -0.15) is 0 Å². The van der Waals surface area contributed by atoms with Gasteiger partial charge >= 0.3 is 0 Å². The smallest absolute Gasteiger partial charge is 0.278 e. The van der Waals surface area contributed by atoms with Crippen molar-refractivity contribution in [3.05, 3.63) is 76.1 Å². The first-order valence-electron chi connectivity index (χ1n) is 9.58. The molecule has 8 heteroatoms. The molecule has 1 N–H and O–H groups in total. The van der Waals surface area contributed by atoms with Gasteiger partial charge in [-0.3, -0.25) is 14.5 Å². The summed E-state index contributed by atoms with van der Waals surface area (Å²) in [6, 6.07) is 16.3. The number of hydrogen-bond donors (Lipinski definition) is 1. The third kappa shape index (κ3) is 3.40. The zero-order valence-corrected chi connectivity index (χ0v) is 17.4. The van der Waals surface area contributed by atoms with E-state index in [1.54, 1.807) is 31.4 Å². The number of benzene rings is 2. The van der Waals surface area contributed by atoms with Crippen molar-refractivity contribution in [2.45, 2.75) is 6.54 Å². The average Bonchev–Trinajstić information content (AvgIpc) is 3.52. The summed E-state index contributed by atoms with van der Waals surface area (Å²) in [5, 5.41) is 5.02. The highest BCUT2D eigenvalue weighted by Crippen LogP contribution is 2.38. The normalized spacial score (nSPS) is 15.1. The summed E-state index contributed by atoms with van der Waals surface area (Å²) in [4.78, 5) is 28.7. The number of carbonyl (C=O) groups excluding carboxylic acids is 2. The Morgan fingerprint density at radius 3 is 2.68 bits per heavy atom. The van der Waals surface area contributed by atoms with Crippen molar-refractivity contribution in [2.75, 3.05) is 19.2 Å². The summed E-state index contributed by atoms with van der Waals surface area (Å²) in [5.41, 5.74) is 1.98. The maximum absolute atomic E-state index is 13.4. The van der Waals surface area contributed by atoms with E-state index in [1.807, 2.05) is 35.7 Å². The predicted molar refractivity (Wildman–Crippen MR) is 116 cm³/mol. The second-order valence-electron chi connectivity index (χ2n) is 6.93. The molecule has 7 nitrogen and oxygen atoms in total. The number of carbonyl (C=O) groups is 2. The average molecular weight is 434 g/mol. The molecule has 0 atom stereocenters. The quantitative estimate of drug-likeness (QED) is 0.594. The maximum Gasteiger partial charge on any atom is 0.278 e. The van der Waals surface area contributed by atoms with Crippen molar-refractivity contribution < 1.29 is 23.8 Å². The van der Waals surface area contributed by atoms with Crippen molar-refractivity contribution in [1.29, 1.82) is 0 Å². The number of amides is 2. The van der Waals surface area contributed by atoms with Crippen LogP contribution >= 0.6 is 11.3 Å². The number of imide groups is 1. The van der Waals surface area contributed by atoms with Gasteiger partial charge in [-0.1, -0.05) is 24.3 Å². The molecule has 0 unspecified atom stereocenters. The summed E-state index contributed by atoms with van der Waals surface area (Å²) in [7, 11) is 1.56. The van der Waals surface area contributed by atoms with Crippen LogP contribution in [-0.2, 0) is 16.1 Å². The Morgan fingerprint density at radius 2 is 1.87 bits per heavy atom. The minimum atomic E-state index is -0.392. The van der Waals surface area contributed by atoms with Crippen LogP contribution in [0.1, 0.15) is 10.4 Å². The van der Waals surface area contributed by atoms with Gasteiger partial charge in [0.25, 0.3) is 11.8 Å². The molecule has 0 saturated heterocycles. The number of para-hydroxylation sites is 1. The number of nitrogens with zero attached hydrogens (tertiary/aromatic N) is 1. The van der Waals surface area contributed by atoms with Crippen molar-refractivity contribution >= 4 is 34.4 Å². The number of ether oxygens (including phenoxy) is 3. The van der Waals surface area contributed by atoms with E-state index in [0.29, 0.717) is 28.5 Å². The lowest BCUT2D eigenvalue weighted by Crippen LogP contribution is -2.32. The molecule has 0 bridgehead atoms. The zero-order valence-electron chi connectivity index (χ0n) is 16.6. The SMILES string of the molecule is COc1ccccc1CN1C(=O)C(Nc2ccc3c(c2)OCO3)=C(c2cccs2)C1=O. The summed E-state index contributed by atoms with van der Waals surface area (Å²) in [5.74, 6) is 1.12. The van der Waals surface area contributed by atoms with Gasteiger partial charge in [0.15, 0.2) is 11.5 Å². The molecular weight excluding hydrogens is 416 g/mol. The molecule has 3 heterocycles. The van der Waals surface area contributed by atoms with Crippen LogP contribution in [0.5, 0.6) is 17.2 Å². The monoisotopic (exact) mass is 434 g/mol. The van der Waals surface area contributed by atoms with E-state index < -0.39 is 5.91 Å². The standard InChI is InChI=1S/C23H18N2O5S/c1-28-16-6-3-2-5-14(16)12-25-22(26)20(19-7-4-10-31-19)21(23(25)27)24-15-8-9-17-18(11-15)30-13-29-17/h2-11,24H,12-13H2,1H3. The Hall–Kier alpha value is -3.78. The topological polar surface area (TPSA) is 77.1 Å². The van der Waals surface area contributed by atoms with Gasteiger partial charge in [0.05, 0.1) is 19.2 Å². The van der Waals surface area contributed by atoms with E-state index in [1.165, 1.54) is 16.2 Å². The van der Waals surface area contributed by atoms with Crippen LogP contribution in [0, 0.1) is 0 Å². The molecule has 2 amide bonds. The van der Waals surface area contributed by atoms with Crippen LogP contribution in [0.15, 0.2) is 65.7 Å². The van der Waals surface area contributed by atoms with E-state index in [4.69, 9.17) is 14.2 Å². The minimum Gasteiger partial charge on any atom is -0.496 e. The van der Waals surface area contributed by atoms with Gasteiger partial charge in [-0.15, -0.1) is 11.3 Å². The van der Waals surface area contributed by atoms with Crippen LogP contribution in [0.4, 0.5) is 5.69 Å². The molecule has 156 valence electrons. The van der Waals surface area contributed by atoms with E-state index in [9.17, 15) is 9.59 Å². The highest BCUT2D eigenvalue weighted by atomic mass is 32.1. The van der Waals surface area contributed by atoms with Crippen molar-refractivity contribution in [1.82, 2.24) is 4.90 Å². The highest BCUT2D eigenvalue weighted by molar-refractivity contribution is 7.11. The van der Waals surface area contributed by atoms with Gasteiger partial charge in [0, 0.05) is 22.2 Å². The molecular formula is C23H18N2O5S. The third-order valence-electron chi connectivity index (χ3n) is 5.10. The molecule has 0 saturated carbocycles. The van der Waals surface area contributed by atoms with Crippen LogP contribution in [0.25, 0.3) is 5.57 Å². The van der Waals surface area contributed by atoms with E-state index in [2.05, 4.69) is 5.32 Å². The number of nitrogens with one attached hydrogen (secondary N) is 1. The predicted octanol–water partition coefficient (Wildman–Crippen LogP) is 3.88. The Kier molecular flexibility index (Phi) is 4.83. The molecule has 1 aromatic heterocycles. The number of anilines is 1. The Morgan fingerprint density at radius 1 is 1.03 bits per heavy atom. The van der Waals surface area contributed by atoms with Crippen LogP contribution in [0.2, 0.25) is 0 Å². The van der Waals surface area contributed by atoms with E-state index in [0.717, 1.165) is 10.4 Å². The summed E-state index contributed by atoms with van der Waals surface area (Å²) in [6.45, 7) is 0.273. The molecule has 5 rings (SSSR count). The fourth-order valence-corrected chi connectivity index (χ4v) is 4.38. The molecule has 2 aliphatic rings. The Labute approximate surface area is 182 Å². The Bertz CT molecular complexity index is 1200. The number of thiophene rings is 1. The summed E-state index contributed by atoms with van der Waals surface area (Å²) >= 11 is 1.41. The van der Waals surface area contributed by atoms with Crippen LogP contribution in [0.3, 0.4) is 0 Å². The van der Waals surface area contributed by atoms with E-state index >= 15 is 0 Å². The first-order chi connectivity index (χ1) is 15.2. The zero-order chi connectivity index (χ0) is 21.4. The largest absolute Gasteiger partial charge is 0.496 e. The van der Waals surface area contributed by atoms with E-state index in [-0.39, 0.29) is 24.9 Å². The molecule has 3 aromatic rings. The van der Waals surface area contributed by atoms with Crippen molar-refractivity contribution in [3.8, 4) is 17.2 Å². The second-order valence-corrected chi connectivity index (χ2v) is 7.88. The summed E-state index contributed by atoms with van der Waals surface area (Å²) in [6.07, 6.45) is 0. The number of fused-ring (bicyclic) bond motifs is 1. The maximum atomic E-state index is 13.4. The van der Waals surface area contributed by atoms with Crippen LogP contribution < -0.4 is 19.5 Å². The fourth-order valence-electron chi connectivity index (χ4n) is 3.61. The Balaban J connectivity index is 1.50. The number of hydrogen-bond acceptors (Lipinski definition) is 7. The van der Waals surface area contributed by atoms with Gasteiger partial charge in [-0.25, -0.2) is 0 Å². The third-order valence-corrected chi connectivity index (χ3v) is 5.99. The molecule has 2 aromatic carbocycles. The van der Waals surface area contributed by atoms with Crippen molar-refractivity contribution in [3.63, 3.8) is 0 Å². The van der Waals surface area contributed by atoms with Crippen molar-refractivity contribution in [2.24, 2.45) is 0 Å². The van der Waals surface area contributed by atoms with Gasteiger partial charge in [-0.05, 0) is 29.6 Å². The van der Waals surface area contributed by atoms with Gasteiger partial charge < -0.3 is 19.5 Å². The van der Waals surface area contributed by atoms with Gasteiger partial charge in [0.1, 0.15) is 11.4 Å². The molecule has 2 aliphatic heterocycles. The van der Waals surface area contributed by atoms with Crippen LogP contribution in [-0.4, -0.2) is 30.6 Å². The lowest BCUT2D eigenvalue weighted by molar-refractivity contribution is -0.137. The lowest BCUT2D eigenvalue weighted by atomic mass is 10.1. The highest BCUT2D eigenvalue weighted by Gasteiger charge is 2.40. The first-order valence-corrected chi connectivity index (χ1v) is 10.5. The number of rotatable bonds is 6. The molecule has 0 radical (unpaired) electrons. The number of methoxy groups -OCH3 is 1. The fraction of sp³-hybridized carbons (Fsp3) is 0.130. The summed E-state index contributed by atoms with van der Waals surface area (Å²) < 4.78 is 16.2.